The van der Waals surface area contributed by atoms with E-state index in [1.165, 1.54) is 6.20 Å². The van der Waals surface area contributed by atoms with Gasteiger partial charge in [-0.15, -0.1) is 0 Å². The molecule has 0 radical (unpaired) electrons. The van der Waals surface area contributed by atoms with Crippen LogP contribution in [0.25, 0.3) is 0 Å². The van der Waals surface area contributed by atoms with Gasteiger partial charge in [-0.2, -0.15) is 0 Å². The van der Waals surface area contributed by atoms with Gasteiger partial charge in [-0.25, -0.2) is 9.97 Å². The van der Waals surface area contributed by atoms with Crippen LogP contribution in [0, 0.1) is 0 Å². The minimum absolute atomic E-state index is 0.244. The van der Waals surface area contributed by atoms with Crippen LogP contribution in [0.15, 0.2) is 60.8 Å². The van der Waals surface area contributed by atoms with Crippen molar-refractivity contribution in [2.75, 3.05) is 24.9 Å². The van der Waals surface area contributed by atoms with Gasteiger partial charge < -0.3 is 20.1 Å². The normalized spacial score (nSPS) is 10.1. The van der Waals surface area contributed by atoms with Gasteiger partial charge in [0, 0.05) is 29.7 Å². The molecule has 1 aromatic heterocycles. The van der Waals surface area contributed by atoms with Gasteiger partial charge in [0.1, 0.15) is 17.2 Å². The molecule has 7 heteroatoms. The molecule has 1 amide bonds. The number of nitrogens with zero attached hydrogens (tertiary/aromatic N) is 2. The SMILES string of the molecule is COc1cccc(NC(=O)c2ccnc(Nc3cccc(OC)c3)n2)c1. The fraction of sp³-hybridized carbons (Fsp3) is 0.105. The molecule has 26 heavy (non-hydrogen) atoms. The average Bonchev–Trinajstić information content (AvgIpc) is 2.68. The third kappa shape index (κ3) is 4.27. The van der Waals surface area contributed by atoms with Crippen molar-refractivity contribution in [2.45, 2.75) is 0 Å². The first-order valence-corrected chi connectivity index (χ1v) is 7.87. The highest BCUT2D eigenvalue weighted by Crippen LogP contribution is 2.20. The Morgan fingerprint density at radius 3 is 2.27 bits per heavy atom. The molecule has 2 N–H and O–H groups in total. The van der Waals surface area contributed by atoms with Crippen molar-refractivity contribution in [3.63, 3.8) is 0 Å². The molecule has 0 atom stereocenters. The van der Waals surface area contributed by atoms with E-state index in [1.54, 1.807) is 44.6 Å². The molecule has 132 valence electrons. The van der Waals surface area contributed by atoms with E-state index >= 15 is 0 Å². The number of nitrogens with one attached hydrogen (secondary N) is 2. The van der Waals surface area contributed by atoms with Crippen LogP contribution in [0.1, 0.15) is 10.5 Å². The third-order valence-electron chi connectivity index (χ3n) is 3.54. The molecule has 0 aliphatic heterocycles. The van der Waals surface area contributed by atoms with Crippen molar-refractivity contribution in [1.82, 2.24) is 9.97 Å². The molecule has 0 unspecified atom stereocenters. The highest BCUT2D eigenvalue weighted by atomic mass is 16.5. The van der Waals surface area contributed by atoms with Crippen LogP contribution in [0.3, 0.4) is 0 Å². The summed E-state index contributed by atoms with van der Waals surface area (Å²) >= 11 is 0. The molecular weight excluding hydrogens is 332 g/mol. The lowest BCUT2D eigenvalue weighted by Crippen LogP contribution is -2.14. The first kappa shape index (κ1) is 17.2. The van der Waals surface area contributed by atoms with Crippen molar-refractivity contribution in [2.24, 2.45) is 0 Å². The van der Waals surface area contributed by atoms with Gasteiger partial charge in [0.05, 0.1) is 14.2 Å². The maximum Gasteiger partial charge on any atom is 0.274 e. The molecule has 0 saturated carbocycles. The van der Waals surface area contributed by atoms with Crippen molar-refractivity contribution in [3.05, 3.63) is 66.5 Å². The molecule has 0 saturated heterocycles. The summed E-state index contributed by atoms with van der Waals surface area (Å²) in [5.74, 6) is 1.35. The zero-order valence-electron chi connectivity index (χ0n) is 14.4. The van der Waals surface area contributed by atoms with Gasteiger partial charge in [-0.05, 0) is 30.3 Å². The van der Waals surface area contributed by atoms with Gasteiger partial charge in [0.2, 0.25) is 5.95 Å². The Labute approximate surface area is 151 Å². The molecule has 3 aromatic rings. The zero-order chi connectivity index (χ0) is 18.4. The highest BCUT2D eigenvalue weighted by Gasteiger charge is 2.10. The average molecular weight is 350 g/mol. The van der Waals surface area contributed by atoms with Crippen molar-refractivity contribution >= 4 is 23.2 Å². The van der Waals surface area contributed by atoms with Crippen molar-refractivity contribution in [1.29, 1.82) is 0 Å². The van der Waals surface area contributed by atoms with Crippen LogP contribution in [0.5, 0.6) is 11.5 Å². The van der Waals surface area contributed by atoms with Crippen LogP contribution in [0.2, 0.25) is 0 Å². The van der Waals surface area contributed by atoms with E-state index in [0.717, 1.165) is 5.69 Å². The minimum Gasteiger partial charge on any atom is -0.497 e. The number of methoxy groups -OCH3 is 2. The first-order chi connectivity index (χ1) is 12.7. The number of hydrogen-bond donors (Lipinski definition) is 2. The molecule has 0 spiro atoms. The molecule has 1 heterocycles. The molecule has 7 nitrogen and oxygen atoms in total. The Balaban J connectivity index is 1.74. The van der Waals surface area contributed by atoms with Gasteiger partial charge >= 0.3 is 0 Å². The Kier molecular flexibility index (Phi) is 5.28. The van der Waals surface area contributed by atoms with E-state index < -0.39 is 0 Å². The number of aromatic nitrogens is 2. The Morgan fingerprint density at radius 2 is 1.58 bits per heavy atom. The van der Waals surface area contributed by atoms with Crippen molar-refractivity contribution < 1.29 is 14.3 Å². The second-order valence-electron chi connectivity index (χ2n) is 5.31. The summed E-state index contributed by atoms with van der Waals surface area (Å²) in [6.07, 6.45) is 1.52. The van der Waals surface area contributed by atoms with Gasteiger partial charge in [-0.1, -0.05) is 12.1 Å². The topological polar surface area (TPSA) is 85.4 Å². The second-order valence-corrected chi connectivity index (χ2v) is 5.31. The predicted octanol–water partition coefficient (Wildman–Crippen LogP) is 3.49. The molecule has 2 aromatic carbocycles. The molecule has 0 fully saturated rings. The van der Waals surface area contributed by atoms with E-state index in [1.807, 2.05) is 24.3 Å². The second kappa shape index (κ2) is 7.98. The molecule has 0 aliphatic rings. The summed E-state index contributed by atoms with van der Waals surface area (Å²) in [5.41, 5.74) is 1.62. The standard InChI is InChI=1S/C19H18N4O3/c1-25-15-7-3-5-13(11-15)21-18(24)17-9-10-20-19(23-17)22-14-6-4-8-16(12-14)26-2/h3-12H,1-2H3,(H,21,24)(H,20,22,23). The Morgan fingerprint density at radius 1 is 0.923 bits per heavy atom. The summed E-state index contributed by atoms with van der Waals surface area (Å²) in [5, 5.41) is 5.84. The fourth-order valence-electron chi connectivity index (χ4n) is 2.27. The number of ether oxygens (including phenoxy) is 2. The van der Waals surface area contributed by atoms with Crippen LogP contribution in [-0.2, 0) is 0 Å². The molecule has 0 aliphatic carbocycles. The number of benzene rings is 2. The van der Waals surface area contributed by atoms with Gasteiger partial charge in [0.15, 0.2) is 0 Å². The quantitative estimate of drug-likeness (QED) is 0.708. The van der Waals surface area contributed by atoms with E-state index in [0.29, 0.717) is 23.1 Å². The number of anilines is 3. The third-order valence-corrected chi connectivity index (χ3v) is 3.54. The van der Waals surface area contributed by atoms with Crippen LogP contribution < -0.4 is 20.1 Å². The maximum absolute atomic E-state index is 12.4. The van der Waals surface area contributed by atoms with Gasteiger partial charge in [-0.3, -0.25) is 4.79 Å². The highest BCUT2D eigenvalue weighted by molar-refractivity contribution is 6.03. The lowest BCUT2D eigenvalue weighted by molar-refractivity contribution is 0.102. The van der Waals surface area contributed by atoms with E-state index in [2.05, 4.69) is 20.6 Å². The van der Waals surface area contributed by atoms with Crippen LogP contribution in [-0.4, -0.2) is 30.1 Å². The summed E-state index contributed by atoms with van der Waals surface area (Å²) < 4.78 is 10.3. The molecular formula is C19H18N4O3. The zero-order valence-corrected chi connectivity index (χ0v) is 14.4. The number of rotatable bonds is 6. The largest absolute Gasteiger partial charge is 0.497 e. The van der Waals surface area contributed by atoms with E-state index in [9.17, 15) is 4.79 Å². The summed E-state index contributed by atoms with van der Waals surface area (Å²) in [6, 6.07) is 16.0. The monoisotopic (exact) mass is 350 g/mol. The number of carbonyl (C=O) groups is 1. The lowest BCUT2D eigenvalue weighted by Gasteiger charge is -2.09. The molecule has 0 bridgehead atoms. The van der Waals surface area contributed by atoms with Crippen LogP contribution in [0.4, 0.5) is 17.3 Å². The summed E-state index contributed by atoms with van der Waals surface area (Å²) in [6.45, 7) is 0. The van der Waals surface area contributed by atoms with E-state index in [-0.39, 0.29) is 11.6 Å². The number of carbonyl (C=O) groups excluding carboxylic acids is 1. The maximum atomic E-state index is 12.4. The number of hydrogen-bond acceptors (Lipinski definition) is 6. The van der Waals surface area contributed by atoms with Crippen molar-refractivity contribution in [3.8, 4) is 11.5 Å². The summed E-state index contributed by atoms with van der Waals surface area (Å²) in [4.78, 5) is 20.8. The Bertz CT molecular complexity index is 915. The minimum atomic E-state index is -0.339. The van der Waals surface area contributed by atoms with Crippen LogP contribution >= 0.6 is 0 Å². The number of amides is 1. The van der Waals surface area contributed by atoms with Gasteiger partial charge in [0.25, 0.3) is 5.91 Å². The van der Waals surface area contributed by atoms with E-state index in [4.69, 9.17) is 9.47 Å². The fourth-order valence-corrected chi connectivity index (χ4v) is 2.27. The molecule has 3 rings (SSSR count). The Hall–Kier alpha value is -3.61. The first-order valence-electron chi connectivity index (χ1n) is 7.87. The predicted molar refractivity (Wildman–Crippen MR) is 99.3 cm³/mol. The lowest BCUT2D eigenvalue weighted by atomic mass is 10.3. The smallest absolute Gasteiger partial charge is 0.274 e. The summed E-state index contributed by atoms with van der Waals surface area (Å²) in [7, 11) is 3.17.